The summed E-state index contributed by atoms with van der Waals surface area (Å²) in [6.07, 6.45) is 1.53. The lowest BCUT2D eigenvalue weighted by Gasteiger charge is -2.06. The van der Waals surface area contributed by atoms with E-state index in [0.717, 1.165) is 10.6 Å². The van der Waals surface area contributed by atoms with Crippen molar-refractivity contribution < 1.29 is 14.3 Å². The molecule has 0 saturated heterocycles. The van der Waals surface area contributed by atoms with Gasteiger partial charge in [0.1, 0.15) is 17.3 Å². The number of methoxy groups -OCH3 is 1. The molecule has 1 amide bonds. The van der Waals surface area contributed by atoms with Crippen molar-refractivity contribution in [2.75, 3.05) is 25.6 Å². The number of halogens is 1. The van der Waals surface area contributed by atoms with E-state index in [0.29, 0.717) is 35.5 Å². The summed E-state index contributed by atoms with van der Waals surface area (Å²) in [6.45, 7) is 0.904. The van der Waals surface area contributed by atoms with Crippen LogP contribution in [-0.2, 0) is 4.74 Å². The summed E-state index contributed by atoms with van der Waals surface area (Å²) in [6, 6.07) is 10.7. The third kappa shape index (κ3) is 4.78. The number of aromatic nitrogens is 2. The standard InChI is InChI=1S/C18H16ClN3O3S/c1-24-8-9-25-16-7-6-14(10-20-16)21-17(23)15-11-26-18(22-15)12-2-4-13(19)5-3-12/h2-7,10-11H,8-9H2,1H3,(H,21,23). The molecule has 6 nitrogen and oxygen atoms in total. The molecular weight excluding hydrogens is 374 g/mol. The van der Waals surface area contributed by atoms with Crippen LogP contribution in [0, 0.1) is 0 Å². The van der Waals surface area contributed by atoms with Crippen molar-refractivity contribution >= 4 is 34.5 Å². The number of ether oxygens (including phenoxy) is 2. The van der Waals surface area contributed by atoms with Crippen molar-refractivity contribution in [3.8, 4) is 16.5 Å². The highest BCUT2D eigenvalue weighted by Crippen LogP contribution is 2.25. The number of carbonyl (C=O) groups is 1. The Morgan fingerprint density at radius 1 is 1.19 bits per heavy atom. The van der Waals surface area contributed by atoms with Gasteiger partial charge >= 0.3 is 0 Å². The Bertz CT molecular complexity index is 866. The molecule has 1 N–H and O–H groups in total. The second-order valence-corrected chi connectivity index (χ2v) is 6.52. The molecule has 0 fully saturated rings. The molecule has 3 aromatic rings. The fourth-order valence-corrected chi connectivity index (χ4v) is 3.00. The van der Waals surface area contributed by atoms with Gasteiger partial charge in [-0.05, 0) is 18.2 Å². The van der Waals surface area contributed by atoms with Crippen molar-refractivity contribution in [2.45, 2.75) is 0 Å². The van der Waals surface area contributed by atoms with Gasteiger partial charge in [-0.1, -0.05) is 23.7 Å². The Morgan fingerprint density at radius 3 is 2.69 bits per heavy atom. The Labute approximate surface area is 159 Å². The number of rotatable bonds is 7. The highest BCUT2D eigenvalue weighted by Gasteiger charge is 2.12. The zero-order valence-corrected chi connectivity index (χ0v) is 15.5. The molecule has 0 aliphatic heterocycles. The van der Waals surface area contributed by atoms with Crippen molar-refractivity contribution in [1.82, 2.24) is 9.97 Å². The van der Waals surface area contributed by atoms with Gasteiger partial charge in [0.25, 0.3) is 5.91 Å². The second-order valence-electron chi connectivity index (χ2n) is 5.23. The fourth-order valence-electron chi connectivity index (χ4n) is 2.07. The molecule has 134 valence electrons. The van der Waals surface area contributed by atoms with Crippen molar-refractivity contribution in [3.63, 3.8) is 0 Å². The van der Waals surface area contributed by atoms with Crippen LogP contribution < -0.4 is 10.1 Å². The summed E-state index contributed by atoms with van der Waals surface area (Å²) >= 11 is 7.29. The summed E-state index contributed by atoms with van der Waals surface area (Å²) in [5.41, 5.74) is 1.83. The SMILES string of the molecule is COCCOc1ccc(NC(=O)c2csc(-c3ccc(Cl)cc3)n2)cn1. The van der Waals surface area contributed by atoms with E-state index in [9.17, 15) is 4.79 Å². The van der Waals surface area contributed by atoms with Gasteiger partial charge < -0.3 is 14.8 Å². The Hall–Kier alpha value is -2.48. The van der Waals surface area contributed by atoms with Crippen LogP contribution >= 0.6 is 22.9 Å². The average Bonchev–Trinajstić information content (AvgIpc) is 3.14. The average molecular weight is 390 g/mol. The normalized spacial score (nSPS) is 10.5. The molecule has 0 spiro atoms. The van der Waals surface area contributed by atoms with Gasteiger partial charge in [-0.2, -0.15) is 0 Å². The second kappa shape index (κ2) is 8.75. The molecule has 2 heterocycles. The van der Waals surface area contributed by atoms with Gasteiger partial charge in [-0.25, -0.2) is 9.97 Å². The minimum Gasteiger partial charge on any atom is -0.475 e. The first-order valence-electron chi connectivity index (χ1n) is 7.76. The molecule has 8 heteroatoms. The van der Waals surface area contributed by atoms with Crippen molar-refractivity contribution in [1.29, 1.82) is 0 Å². The van der Waals surface area contributed by atoms with Gasteiger partial charge in [0, 0.05) is 29.1 Å². The molecule has 26 heavy (non-hydrogen) atoms. The minimum absolute atomic E-state index is 0.295. The molecule has 0 bridgehead atoms. The molecule has 0 aliphatic rings. The van der Waals surface area contributed by atoms with Crippen molar-refractivity contribution in [2.24, 2.45) is 0 Å². The smallest absolute Gasteiger partial charge is 0.275 e. The van der Waals surface area contributed by atoms with E-state index in [-0.39, 0.29) is 5.91 Å². The summed E-state index contributed by atoms with van der Waals surface area (Å²) in [4.78, 5) is 20.9. The van der Waals surface area contributed by atoms with Crippen LogP contribution in [0.4, 0.5) is 5.69 Å². The highest BCUT2D eigenvalue weighted by atomic mass is 35.5. The van der Waals surface area contributed by atoms with Gasteiger partial charge in [0.05, 0.1) is 18.5 Å². The lowest BCUT2D eigenvalue weighted by Crippen LogP contribution is -2.12. The lowest BCUT2D eigenvalue weighted by molar-refractivity contribution is 0.102. The van der Waals surface area contributed by atoms with E-state index in [1.54, 1.807) is 36.8 Å². The van der Waals surface area contributed by atoms with Crippen LogP contribution in [0.1, 0.15) is 10.5 Å². The Kier molecular flexibility index (Phi) is 6.17. The first kappa shape index (κ1) is 18.3. The van der Waals surface area contributed by atoms with Crippen molar-refractivity contribution in [3.05, 3.63) is 58.7 Å². The number of benzene rings is 1. The summed E-state index contributed by atoms with van der Waals surface area (Å²) in [7, 11) is 1.60. The molecule has 0 aliphatic carbocycles. The Balaban J connectivity index is 1.62. The molecular formula is C18H16ClN3O3S. The van der Waals surface area contributed by atoms with E-state index in [4.69, 9.17) is 21.1 Å². The highest BCUT2D eigenvalue weighted by molar-refractivity contribution is 7.13. The quantitative estimate of drug-likeness (QED) is 0.615. The van der Waals surface area contributed by atoms with Crippen LogP contribution in [0.15, 0.2) is 48.0 Å². The molecule has 3 rings (SSSR count). The minimum atomic E-state index is -0.295. The predicted octanol–water partition coefficient (Wildman–Crippen LogP) is 4.14. The summed E-state index contributed by atoms with van der Waals surface area (Å²) in [5, 5.41) is 5.90. The number of nitrogens with zero attached hydrogens (tertiary/aromatic N) is 2. The van der Waals surface area contributed by atoms with E-state index in [1.807, 2.05) is 12.1 Å². The third-order valence-corrected chi connectivity index (χ3v) is 4.50. The number of nitrogens with one attached hydrogen (secondary N) is 1. The Morgan fingerprint density at radius 2 is 2.00 bits per heavy atom. The fraction of sp³-hybridized carbons (Fsp3) is 0.167. The van der Waals surface area contributed by atoms with E-state index in [2.05, 4.69) is 15.3 Å². The van der Waals surface area contributed by atoms with Crippen LogP contribution in [0.25, 0.3) is 10.6 Å². The molecule has 0 atom stereocenters. The lowest BCUT2D eigenvalue weighted by atomic mass is 10.2. The zero-order chi connectivity index (χ0) is 18.4. The van der Waals surface area contributed by atoms with Crippen LogP contribution in [0.5, 0.6) is 5.88 Å². The maximum absolute atomic E-state index is 12.3. The number of hydrogen-bond acceptors (Lipinski definition) is 6. The monoisotopic (exact) mass is 389 g/mol. The van der Waals surface area contributed by atoms with E-state index >= 15 is 0 Å². The van der Waals surface area contributed by atoms with Crippen LogP contribution in [0.2, 0.25) is 5.02 Å². The number of carbonyl (C=O) groups excluding carboxylic acids is 1. The van der Waals surface area contributed by atoms with Gasteiger partial charge in [0.15, 0.2) is 0 Å². The molecule has 0 saturated carbocycles. The van der Waals surface area contributed by atoms with Crippen LogP contribution in [-0.4, -0.2) is 36.2 Å². The number of hydrogen-bond donors (Lipinski definition) is 1. The maximum atomic E-state index is 12.3. The number of amides is 1. The summed E-state index contributed by atoms with van der Waals surface area (Å²) in [5.74, 6) is 0.176. The van der Waals surface area contributed by atoms with Gasteiger partial charge in [-0.15, -0.1) is 11.3 Å². The number of thiazole rings is 1. The third-order valence-electron chi connectivity index (χ3n) is 3.36. The number of anilines is 1. The first-order chi connectivity index (χ1) is 12.7. The van der Waals surface area contributed by atoms with E-state index < -0.39 is 0 Å². The van der Waals surface area contributed by atoms with E-state index in [1.165, 1.54) is 17.5 Å². The molecule has 0 unspecified atom stereocenters. The van der Waals surface area contributed by atoms with Gasteiger partial charge in [-0.3, -0.25) is 4.79 Å². The zero-order valence-electron chi connectivity index (χ0n) is 13.9. The molecule has 2 aromatic heterocycles. The largest absolute Gasteiger partial charge is 0.475 e. The number of pyridine rings is 1. The molecule has 1 aromatic carbocycles. The van der Waals surface area contributed by atoms with Gasteiger partial charge in [0.2, 0.25) is 5.88 Å². The predicted molar refractivity (Wildman–Crippen MR) is 102 cm³/mol. The van der Waals surface area contributed by atoms with Crippen LogP contribution in [0.3, 0.4) is 0 Å². The molecule has 0 radical (unpaired) electrons. The maximum Gasteiger partial charge on any atom is 0.275 e. The first-order valence-corrected chi connectivity index (χ1v) is 9.02. The topological polar surface area (TPSA) is 73.3 Å². The summed E-state index contributed by atoms with van der Waals surface area (Å²) < 4.78 is 10.3.